The number of thiocarbonyl (C=S) groups is 1. The van der Waals surface area contributed by atoms with Gasteiger partial charge >= 0.3 is 0 Å². The summed E-state index contributed by atoms with van der Waals surface area (Å²) in [4.78, 5) is 14.4. The quantitative estimate of drug-likeness (QED) is 0.720. The summed E-state index contributed by atoms with van der Waals surface area (Å²) in [5.74, 6) is 0.782. The van der Waals surface area contributed by atoms with Crippen molar-refractivity contribution in [1.82, 2.24) is 10.2 Å². The highest BCUT2D eigenvalue weighted by Crippen LogP contribution is 2.35. The van der Waals surface area contributed by atoms with E-state index in [0.717, 1.165) is 28.1 Å². The van der Waals surface area contributed by atoms with Crippen LogP contribution in [0.3, 0.4) is 0 Å². The second-order valence-corrected chi connectivity index (χ2v) is 7.38. The zero-order valence-corrected chi connectivity index (χ0v) is 17.6. The fourth-order valence-electron chi connectivity index (χ4n) is 3.55. The highest BCUT2D eigenvalue weighted by atomic mass is 32.1. The number of carbonyl (C=O) groups is 1. The second-order valence-electron chi connectivity index (χ2n) is 6.99. The third-order valence-corrected chi connectivity index (χ3v) is 5.38. The van der Waals surface area contributed by atoms with Gasteiger partial charge in [-0.1, -0.05) is 48.0 Å². The molecule has 1 aliphatic rings. The Morgan fingerprint density at radius 1 is 1.14 bits per heavy atom. The van der Waals surface area contributed by atoms with Crippen LogP contribution < -0.4 is 10.1 Å². The average Bonchev–Trinajstić information content (AvgIpc) is 2.67. The number of hydrogen-bond acceptors (Lipinski definition) is 3. The highest BCUT2D eigenvalue weighted by Gasteiger charge is 2.33. The van der Waals surface area contributed by atoms with E-state index in [4.69, 9.17) is 17.0 Å². The van der Waals surface area contributed by atoms with Gasteiger partial charge in [-0.25, -0.2) is 0 Å². The zero-order chi connectivity index (χ0) is 20.3. The van der Waals surface area contributed by atoms with Crippen LogP contribution in [0.5, 0.6) is 5.75 Å². The maximum atomic E-state index is 12.5. The number of ether oxygens (including phenoxy) is 1. The summed E-state index contributed by atoms with van der Waals surface area (Å²) in [5, 5.41) is 3.97. The van der Waals surface area contributed by atoms with Crippen molar-refractivity contribution < 1.29 is 9.53 Å². The third-order valence-electron chi connectivity index (χ3n) is 5.04. The van der Waals surface area contributed by atoms with Crippen molar-refractivity contribution in [2.45, 2.75) is 40.3 Å². The minimum absolute atomic E-state index is 0.0317. The van der Waals surface area contributed by atoms with Crippen molar-refractivity contribution in [2.24, 2.45) is 0 Å². The smallest absolute Gasteiger partial charge is 0.173 e. The molecule has 4 nitrogen and oxygen atoms in total. The number of nitrogens with zero attached hydrogens (tertiary/aromatic N) is 1. The standard InChI is InChI=1S/C23H26N2O2S/c1-5-25-16(3)21(17(4)26)22(24-23(25)28)19-8-6-7-9-20(19)27-14-18-12-10-15(2)11-13-18/h6-13,22H,5,14H2,1-4H3,(H,24,28). The van der Waals surface area contributed by atoms with Crippen LogP contribution in [0.15, 0.2) is 59.8 Å². The largest absolute Gasteiger partial charge is 0.489 e. The molecule has 0 aliphatic carbocycles. The number of allylic oxidation sites excluding steroid dienone is 1. The van der Waals surface area contributed by atoms with Gasteiger partial charge in [-0.15, -0.1) is 0 Å². The molecule has 0 fully saturated rings. The second kappa shape index (κ2) is 8.57. The van der Waals surface area contributed by atoms with E-state index in [1.54, 1.807) is 6.92 Å². The maximum Gasteiger partial charge on any atom is 0.173 e. The topological polar surface area (TPSA) is 41.6 Å². The monoisotopic (exact) mass is 394 g/mol. The highest BCUT2D eigenvalue weighted by molar-refractivity contribution is 7.80. The van der Waals surface area contributed by atoms with E-state index >= 15 is 0 Å². The first-order valence-electron chi connectivity index (χ1n) is 9.49. The molecule has 0 amide bonds. The predicted molar refractivity (Wildman–Crippen MR) is 116 cm³/mol. The molecule has 1 N–H and O–H groups in total. The average molecular weight is 395 g/mol. The predicted octanol–water partition coefficient (Wildman–Crippen LogP) is 4.69. The summed E-state index contributed by atoms with van der Waals surface area (Å²) in [5.41, 5.74) is 4.86. The first kappa shape index (κ1) is 20.1. The van der Waals surface area contributed by atoms with Crippen molar-refractivity contribution in [3.8, 4) is 5.75 Å². The van der Waals surface area contributed by atoms with Crippen LogP contribution in [0.25, 0.3) is 0 Å². The van der Waals surface area contributed by atoms with Gasteiger partial charge in [-0.05, 0) is 51.5 Å². The molecular weight excluding hydrogens is 368 g/mol. The summed E-state index contributed by atoms with van der Waals surface area (Å²) < 4.78 is 6.14. The van der Waals surface area contributed by atoms with E-state index in [-0.39, 0.29) is 11.8 Å². The first-order chi connectivity index (χ1) is 13.4. The van der Waals surface area contributed by atoms with Gasteiger partial charge in [0.2, 0.25) is 0 Å². The van der Waals surface area contributed by atoms with Crippen molar-refractivity contribution >= 4 is 23.1 Å². The number of ketones is 1. The molecule has 0 aromatic heterocycles. The Hall–Kier alpha value is -2.66. The fraction of sp³-hybridized carbons (Fsp3) is 0.304. The fourth-order valence-corrected chi connectivity index (χ4v) is 3.93. The molecular formula is C23H26N2O2S. The van der Waals surface area contributed by atoms with E-state index in [9.17, 15) is 4.79 Å². The number of carbonyl (C=O) groups excluding carboxylic acids is 1. The van der Waals surface area contributed by atoms with Crippen LogP contribution in [0, 0.1) is 6.92 Å². The van der Waals surface area contributed by atoms with Gasteiger partial charge in [0.1, 0.15) is 12.4 Å². The third kappa shape index (κ3) is 4.09. The van der Waals surface area contributed by atoms with Crippen LogP contribution >= 0.6 is 12.2 Å². The Bertz CT molecular complexity index is 918. The van der Waals surface area contributed by atoms with Gasteiger partial charge in [0.25, 0.3) is 0 Å². The number of para-hydroxylation sites is 1. The number of benzene rings is 2. The molecule has 0 saturated heterocycles. The molecule has 1 atom stereocenters. The van der Waals surface area contributed by atoms with Crippen molar-refractivity contribution in [3.05, 3.63) is 76.5 Å². The van der Waals surface area contributed by atoms with E-state index in [1.165, 1.54) is 5.56 Å². The number of Topliss-reactive ketones (excluding diaryl/α,β-unsaturated/α-hetero) is 1. The summed E-state index contributed by atoms with van der Waals surface area (Å²) in [6.07, 6.45) is 0. The minimum atomic E-state index is -0.318. The van der Waals surface area contributed by atoms with E-state index in [1.807, 2.05) is 43.0 Å². The van der Waals surface area contributed by atoms with Gasteiger partial charge in [0.15, 0.2) is 10.9 Å². The molecule has 2 aromatic rings. The molecule has 28 heavy (non-hydrogen) atoms. The molecule has 1 heterocycles. The SMILES string of the molecule is CCN1C(=S)NC(c2ccccc2OCc2ccc(C)cc2)C(C(C)=O)=C1C. The number of hydrogen-bond donors (Lipinski definition) is 1. The summed E-state index contributed by atoms with van der Waals surface area (Å²) in [6, 6.07) is 15.8. The Morgan fingerprint density at radius 2 is 1.82 bits per heavy atom. The van der Waals surface area contributed by atoms with Crippen molar-refractivity contribution in [1.29, 1.82) is 0 Å². The van der Waals surface area contributed by atoms with Gasteiger partial charge < -0.3 is 15.0 Å². The van der Waals surface area contributed by atoms with Crippen LogP contribution in [-0.4, -0.2) is 22.3 Å². The molecule has 1 unspecified atom stereocenters. The van der Waals surface area contributed by atoms with Crippen molar-refractivity contribution in [2.75, 3.05) is 6.54 Å². The Balaban J connectivity index is 1.94. The molecule has 0 radical (unpaired) electrons. The first-order valence-corrected chi connectivity index (χ1v) is 9.90. The Labute approximate surface area is 172 Å². The molecule has 5 heteroatoms. The van der Waals surface area contributed by atoms with E-state index in [0.29, 0.717) is 18.3 Å². The van der Waals surface area contributed by atoms with Crippen LogP contribution in [0.4, 0.5) is 0 Å². The molecule has 146 valence electrons. The lowest BCUT2D eigenvalue weighted by Crippen LogP contribution is -2.47. The van der Waals surface area contributed by atoms with E-state index in [2.05, 4.69) is 36.5 Å². The molecule has 3 rings (SSSR count). The lowest BCUT2D eigenvalue weighted by molar-refractivity contribution is -0.114. The van der Waals surface area contributed by atoms with Gasteiger partial charge in [-0.2, -0.15) is 0 Å². The zero-order valence-electron chi connectivity index (χ0n) is 16.8. The normalized spacial score (nSPS) is 16.8. The van der Waals surface area contributed by atoms with Crippen LogP contribution in [0.1, 0.15) is 43.5 Å². The molecule has 0 spiro atoms. The maximum absolute atomic E-state index is 12.5. The Morgan fingerprint density at radius 3 is 2.46 bits per heavy atom. The number of rotatable bonds is 6. The van der Waals surface area contributed by atoms with Crippen LogP contribution in [0.2, 0.25) is 0 Å². The van der Waals surface area contributed by atoms with E-state index < -0.39 is 0 Å². The molecule has 2 aromatic carbocycles. The minimum Gasteiger partial charge on any atom is -0.489 e. The summed E-state index contributed by atoms with van der Waals surface area (Å²) in [7, 11) is 0. The summed E-state index contributed by atoms with van der Waals surface area (Å²) in [6.45, 7) is 8.82. The molecule has 0 bridgehead atoms. The summed E-state index contributed by atoms with van der Waals surface area (Å²) >= 11 is 5.55. The van der Waals surface area contributed by atoms with Gasteiger partial charge in [0, 0.05) is 23.4 Å². The number of aryl methyl sites for hydroxylation is 1. The van der Waals surface area contributed by atoms with Crippen molar-refractivity contribution in [3.63, 3.8) is 0 Å². The molecule has 0 saturated carbocycles. The Kier molecular flexibility index (Phi) is 6.15. The number of nitrogens with one attached hydrogen (secondary N) is 1. The van der Waals surface area contributed by atoms with Gasteiger partial charge in [-0.3, -0.25) is 4.79 Å². The van der Waals surface area contributed by atoms with Gasteiger partial charge in [0.05, 0.1) is 6.04 Å². The van der Waals surface area contributed by atoms with Crippen LogP contribution in [-0.2, 0) is 11.4 Å². The lowest BCUT2D eigenvalue weighted by Gasteiger charge is -2.37. The lowest BCUT2D eigenvalue weighted by atomic mass is 9.92. The molecule has 1 aliphatic heterocycles.